The van der Waals surface area contributed by atoms with Gasteiger partial charge in [0, 0.05) is 13.1 Å². The minimum atomic E-state index is 0.0415. The van der Waals surface area contributed by atoms with Crippen LogP contribution in [0.5, 0.6) is 5.75 Å². The highest BCUT2D eigenvalue weighted by Gasteiger charge is 2.31. The number of ether oxygens (including phenoxy) is 1. The van der Waals surface area contributed by atoms with Crippen LogP contribution in [-0.4, -0.2) is 38.8 Å². The van der Waals surface area contributed by atoms with Crippen molar-refractivity contribution in [3.63, 3.8) is 0 Å². The lowest BCUT2D eigenvalue weighted by molar-refractivity contribution is 0.164. The van der Waals surface area contributed by atoms with Crippen molar-refractivity contribution < 1.29 is 4.74 Å². The van der Waals surface area contributed by atoms with Gasteiger partial charge in [0.25, 0.3) is 0 Å². The van der Waals surface area contributed by atoms with E-state index in [1.165, 1.54) is 11.1 Å². The van der Waals surface area contributed by atoms with Gasteiger partial charge in [0.05, 0.1) is 19.7 Å². The molecular weight excluding hydrogens is 302 g/mol. The van der Waals surface area contributed by atoms with Crippen molar-refractivity contribution >= 4 is 0 Å². The quantitative estimate of drug-likeness (QED) is 0.738. The Morgan fingerprint density at radius 1 is 1.04 bits per heavy atom. The van der Waals surface area contributed by atoms with E-state index in [0.29, 0.717) is 0 Å². The Labute approximate surface area is 140 Å². The number of methoxy groups -OCH3 is 1. The van der Waals surface area contributed by atoms with Crippen molar-refractivity contribution in [3.8, 4) is 5.75 Å². The van der Waals surface area contributed by atoms with E-state index in [1.807, 2.05) is 22.9 Å². The van der Waals surface area contributed by atoms with Crippen molar-refractivity contribution in [2.45, 2.75) is 19.1 Å². The van der Waals surface area contributed by atoms with E-state index in [0.717, 1.165) is 31.2 Å². The van der Waals surface area contributed by atoms with Crippen LogP contribution in [0.2, 0.25) is 0 Å². The molecule has 24 heavy (non-hydrogen) atoms. The van der Waals surface area contributed by atoms with Crippen molar-refractivity contribution in [2.24, 2.45) is 0 Å². The molecule has 0 radical (unpaired) electrons. The average molecular weight is 321 g/mol. The third-order valence-corrected chi connectivity index (χ3v) is 4.43. The number of nitrogens with zero attached hydrogens (tertiary/aromatic N) is 5. The predicted octanol–water partition coefficient (Wildman–Crippen LogP) is 2.29. The van der Waals surface area contributed by atoms with E-state index in [9.17, 15) is 0 Å². The Morgan fingerprint density at radius 3 is 2.58 bits per heavy atom. The standard InChI is InChI=1S/C18H19N5O/c1-24-16-9-7-15(8-10-16)17-18-19-20-21-23(18)12-11-22(17)13-14-5-3-2-4-6-14/h2-10,17H,11-13H2,1H3. The van der Waals surface area contributed by atoms with Gasteiger partial charge in [0.1, 0.15) is 5.75 Å². The maximum Gasteiger partial charge on any atom is 0.173 e. The summed E-state index contributed by atoms with van der Waals surface area (Å²) in [5.74, 6) is 1.74. The highest BCUT2D eigenvalue weighted by molar-refractivity contribution is 5.32. The molecule has 0 saturated heterocycles. The topological polar surface area (TPSA) is 56.1 Å². The molecule has 1 unspecified atom stereocenters. The molecule has 0 aliphatic carbocycles. The first-order valence-electron chi connectivity index (χ1n) is 8.03. The molecule has 2 aromatic carbocycles. The Balaban J connectivity index is 1.69. The van der Waals surface area contributed by atoms with Crippen molar-refractivity contribution in [3.05, 3.63) is 71.5 Å². The van der Waals surface area contributed by atoms with E-state index in [2.05, 4.69) is 56.8 Å². The molecule has 1 aliphatic heterocycles. The third-order valence-electron chi connectivity index (χ3n) is 4.43. The number of rotatable bonds is 4. The Bertz CT molecular complexity index is 800. The first-order valence-corrected chi connectivity index (χ1v) is 8.03. The molecule has 3 aromatic rings. The molecule has 0 fully saturated rings. The molecule has 122 valence electrons. The van der Waals surface area contributed by atoms with E-state index in [-0.39, 0.29) is 6.04 Å². The lowest BCUT2D eigenvalue weighted by Gasteiger charge is -2.35. The second kappa shape index (κ2) is 6.41. The van der Waals surface area contributed by atoms with E-state index >= 15 is 0 Å². The monoisotopic (exact) mass is 321 g/mol. The molecular formula is C18H19N5O. The van der Waals surface area contributed by atoms with Gasteiger partial charge in [-0.05, 0) is 33.7 Å². The lowest BCUT2D eigenvalue weighted by Crippen LogP contribution is -2.38. The minimum absolute atomic E-state index is 0.0415. The van der Waals surface area contributed by atoms with Gasteiger partial charge in [-0.1, -0.05) is 42.5 Å². The van der Waals surface area contributed by atoms with Gasteiger partial charge in [0.2, 0.25) is 0 Å². The predicted molar refractivity (Wildman–Crippen MR) is 89.5 cm³/mol. The maximum atomic E-state index is 5.27. The zero-order valence-corrected chi connectivity index (χ0v) is 13.5. The van der Waals surface area contributed by atoms with Crippen LogP contribution in [0.1, 0.15) is 23.0 Å². The van der Waals surface area contributed by atoms with Crippen molar-refractivity contribution in [1.29, 1.82) is 0 Å². The second-order valence-electron chi connectivity index (χ2n) is 5.89. The third kappa shape index (κ3) is 2.76. The number of hydrogen-bond acceptors (Lipinski definition) is 5. The molecule has 6 heteroatoms. The second-order valence-corrected chi connectivity index (χ2v) is 5.89. The first kappa shape index (κ1) is 14.8. The average Bonchev–Trinajstić information content (AvgIpc) is 3.11. The molecule has 1 aliphatic rings. The van der Waals surface area contributed by atoms with E-state index in [1.54, 1.807) is 7.11 Å². The molecule has 6 nitrogen and oxygen atoms in total. The Morgan fingerprint density at radius 2 is 1.83 bits per heavy atom. The fourth-order valence-corrected chi connectivity index (χ4v) is 3.22. The molecule has 1 atom stereocenters. The number of aromatic nitrogens is 4. The van der Waals surface area contributed by atoms with Crippen LogP contribution in [0, 0.1) is 0 Å². The van der Waals surface area contributed by atoms with Crippen LogP contribution in [-0.2, 0) is 13.1 Å². The largest absolute Gasteiger partial charge is 0.497 e. The highest BCUT2D eigenvalue weighted by atomic mass is 16.5. The number of fused-ring (bicyclic) bond motifs is 1. The van der Waals surface area contributed by atoms with Gasteiger partial charge in [-0.3, -0.25) is 4.90 Å². The summed E-state index contributed by atoms with van der Waals surface area (Å²) < 4.78 is 7.17. The maximum absolute atomic E-state index is 5.27. The van der Waals surface area contributed by atoms with Gasteiger partial charge < -0.3 is 4.74 Å². The summed E-state index contributed by atoms with van der Waals surface area (Å²) in [5, 5.41) is 12.3. The summed E-state index contributed by atoms with van der Waals surface area (Å²) in [6.45, 7) is 2.58. The van der Waals surface area contributed by atoms with Crippen molar-refractivity contribution in [1.82, 2.24) is 25.1 Å². The molecule has 0 amide bonds. The van der Waals surface area contributed by atoms with Gasteiger partial charge in [-0.15, -0.1) is 5.10 Å². The van der Waals surface area contributed by atoms with Crippen LogP contribution < -0.4 is 4.74 Å². The summed E-state index contributed by atoms with van der Waals surface area (Å²) in [7, 11) is 1.68. The summed E-state index contributed by atoms with van der Waals surface area (Å²) in [6, 6.07) is 18.7. The molecule has 1 aromatic heterocycles. The number of benzene rings is 2. The molecule has 0 N–H and O–H groups in total. The molecule has 0 spiro atoms. The zero-order valence-electron chi connectivity index (χ0n) is 13.5. The smallest absolute Gasteiger partial charge is 0.173 e. The molecule has 0 saturated carbocycles. The van der Waals surface area contributed by atoms with Gasteiger partial charge in [-0.25, -0.2) is 4.68 Å². The molecule has 0 bridgehead atoms. The fraction of sp³-hybridized carbons (Fsp3) is 0.278. The normalized spacial score (nSPS) is 17.5. The summed E-state index contributed by atoms with van der Waals surface area (Å²) in [6.07, 6.45) is 0. The number of tetrazole rings is 1. The lowest BCUT2D eigenvalue weighted by atomic mass is 10.0. The van der Waals surface area contributed by atoms with Gasteiger partial charge in [-0.2, -0.15) is 0 Å². The summed E-state index contributed by atoms with van der Waals surface area (Å²) in [5.41, 5.74) is 2.46. The fourth-order valence-electron chi connectivity index (χ4n) is 3.22. The highest BCUT2D eigenvalue weighted by Crippen LogP contribution is 2.32. The SMILES string of the molecule is COc1ccc(C2c3nnnn3CCN2Cc2ccccc2)cc1. The van der Waals surface area contributed by atoms with Crippen LogP contribution in [0.3, 0.4) is 0 Å². The van der Waals surface area contributed by atoms with Crippen LogP contribution in [0.25, 0.3) is 0 Å². The first-order chi connectivity index (χ1) is 11.8. The van der Waals surface area contributed by atoms with Crippen LogP contribution in [0.15, 0.2) is 54.6 Å². The summed E-state index contributed by atoms with van der Waals surface area (Å²) >= 11 is 0. The number of hydrogen-bond donors (Lipinski definition) is 0. The van der Waals surface area contributed by atoms with E-state index < -0.39 is 0 Å². The molecule has 4 rings (SSSR count). The zero-order chi connectivity index (χ0) is 16.4. The minimum Gasteiger partial charge on any atom is -0.497 e. The summed E-state index contributed by atoms with van der Waals surface area (Å²) in [4.78, 5) is 2.42. The van der Waals surface area contributed by atoms with Crippen LogP contribution >= 0.6 is 0 Å². The van der Waals surface area contributed by atoms with E-state index in [4.69, 9.17) is 4.74 Å². The van der Waals surface area contributed by atoms with Gasteiger partial charge in [0.15, 0.2) is 5.82 Å². The van der Waals surface area contributed by atoms with Crippen molar-refractivity contribution in [2.75, 3.05) is 13.7 Å². The Kier molecular flexibility index (Phi) is 3.96. The Hall–Kier alpha value is -2.73. The van der Waals surface area contributed by atoms with Crippen LogP contribution in [0.4, 0.5) is 0 Å². The molecule has 2 heterocycles. The van der Waals surface area contributed by atoms with Gasteiger partial charge >= 0.3 is 0 Å².